The van der Waals surface area contributed by atoms with Crippen molar-refractivity contribution in [1.29, 1.82) is 0 Å². The molecule has 34 heavy (non-hydrogen) atoms. The van der Waals surface area contributed by atoms with Crippen molar-refractivity contribution in [2.24, 2.45) is 0 Å². The van der Waals surface area contributed by atoms with E-state index in [0.717, 1.165) is 16.2 Å². The van der Waals surface area contributed by atoms with Crippen LogP contribution >= 0.6 is 11.3 Å². The van der Waals surface area contributed by atoms with E-state index in [1.165, 1.54) is 30.3 Å². The number of thiazole rings is 1. The van der Waals surface area contributed by atoms with Crippen molar-refractivity contribution in [1.82, 2.24) is 9.38 Å². The number of hydrogen-bond acceptors (Lipinski definition) is 6. The Labute approximate surface area is 198 Å². The fraction of sp³-hybridized carbons (Fsp3) is 0. The number of ketones is 1. The minimum atomic E-state index is -3.91. The van der Waals surface area contributed by atoms with E-state index in [-0.39, 0.29) is 32.3 Å². The molecule has 2 aromatic heterocycles. The molecule has 1 aliphatic heterocycles. The number of anilines is 1. The zero-order valence-corrected chi connectivity index (χ0v) is 19.1. The van der Waals surface area contributed by atoms with Gasteiger partial charge in [0.25, 0.3) is 5.91 Å². The summed E-state index contributed by atoms with van der Waals surface area (Å²) in [6.45, 7) is 0. The van der Waals surface area contributed by atoms with Gasteiger partial charge in [-0.3, -0.25) is 14.0 Å². The normalized spacial score (nSPS) is 13.9. The molecule has 7 nitrogen and oxygen atoms in total. The van der Waals surface area contributed by atoms with Gasteiger partial charge in [0.05, 0.1) is 15.5 Å². The number of fused-ring (bicyclic) bond motifs is 3. The monoisotopic (exact) mass is 485 g/mol. The Morgan fingerprint density at radius 2 is 1.71 bits per heavy atom. The van der Waals surface area contributed by atoms with Crippen molar-refractivity contribution in [3.05, 3.63) is 101 Å². The molecule has 0 spiro atoms. The number of rotatable bonds is 3. The molecule has 9 heteroatoms. The second-order valence-corrected chi connectivity index (χ2v) is 10.5. The van der Waals surface area contributed by atoms with Gasteiger partial charge in [-0.2, -0.15) is 0 Å². The van der Waals surface area contributed by atoms with E-state index in [2.05, 4.69) is 10.3 Å². The molecule has 0 saturated carbocycles. The Hall–Kier alpha value is -4.08. The third-order valence-electron chi connectivity index (χ3n) is 5.73. The lowest BCUT2D eigenvalue weighted by Gasteiger charge is -2.19. The second-order valence-electron chi connectivity index (χ2n) is 7.79. The van der Waals surface area contributed by atoms with Crippen LogP contribution in [0, 0.1) is 0 Å². The summed E-state index contributed by atoms with van der Waals surface area (Å²) < 4.78 is 28.1. The molecule has 3 heterocycles. The smallest absolute Gasteiger partial charge is 0.255 e. The first-order valence-electron chi connectivity index (χ1n) is 10.3. The molecule has 5 aromatic rings. The van der Waals surface area contributed by atoms with E-state index in [9.17, 15) is 18.0 Å². The summed E-state index contributed by atoms with van der Waals surface area (Å²) in [4.78, 5) is 30.9. The number of benzene rings is 3. The van der Waals surface area contributed by atoms with Crippen molar-refractivity contribution < 1.29 is 18.0 Å². The van der Waals surface area contributed by atoms with Crippen LogP contribution in [0.5, 0.6) is 0 Å². The van der Waals surface area contributed by atoms with E-state index in [0.29, 0.717) is 5.69 Å². The maximum atomic E-state index is 13.1. The lowest BCUT2D eigenvalue weighted by Crippen LogP contribution is -2.21. The number of nitrogens with one attached hydrogen (secondary N) is 1. The van der Waals surface area contributed by atoms with Gasteiger partial charge in [0.1, 0.15) is 0 Å². The van der Waals surface area contributed by atoms with Crippen molar-refractivity contribution >= 4 is 43.5 Å². The van der Waals surface area contributed by atoms with E-state index < -0.39 is 15.7 Å². The van der Waals surface area contributed by atoms with Crippen LogP contribution in [0.4, 0.5) is 5.69 Å². The SMILES string of the molecule is O=C(Nc1ccc(-c2cn3ccsc3n2)cc1)c1ccc2c(c1)S(=O)(=O)c1ccccc1C2=O. The van der Waals surface area contributed by atoms with Gasteiger partial charge in [-0.15, -0.1) is 11.3 Å². The molecule has 0 unspecified atom stereocenters. The Morgan fingerprint density at radius 3 is 2.50 bits per heavy atom. The quantitative estimate of drug-likeness (QED) is 0.392. The molecule has 1 aliphatic rings. The number of carbonyl (C=O) groups excluding carboxylic acids is 2. The van der Waals surface area contributed by atoms with Crippen molar-refractivity contribution in [2.45, 2.75) is 9.79 Å². The zero-order chi connectivity index (χ0) is 23.4. The van der Waals surface area contributed by atoms with E-state index in [4.69, 9.17) is 0 Å². The fourth-order valence-electron chi connectivity index (χ4n) is 4.02. The van der Waals surface area contributed by atoms with Crippen molar-refractivity contribution in [2.75, 3.05) is 5.32 Å². The maximum Gasteiger partial charge on any atom is 0.255 e. The highest BCUT2D eigenvalue weighted by atomic mass is 32.2. The van der Waals surface area contributed by atoms with E-state index in [1.807, 2.05) is 34.3 Å². The summed E-state index contributed by atoms with van der Waals surface area (Å²) in [5, 5.41) is 4.74. The van der Waals surface area contributed by atoms with Crippen LogP contribution in [-0.4, -0.2) is 29.5 Å². The predicted molar refractivity (Wildman–Crippen MR) is 128 cm³/mol. The highest BCUT2D eigenvalue weighted by Gasteiger charge is 2.35. The first-order chi connectivity index (χ1) is 16.4. The molecule has 1 N–H and O–H groups in total. The minimum Gasteiger partial charge on any atom is -0.322 e. The second kappa shape index (κ2) is 7.47. The molecule has 6 rings (SSSR count). The Bertz CT molecular complexity index is 1700. The standard InChI is InChI=1S/C25H15N3O4S2/c29-23-18-3-1-2-4-21(18)34(31,32)22-13-16(7-10-19(22)23)24(30)26-17-8-5-15(6-9-17)20-14-28-11-12-33-25(28)27-20/h1-14H,(H,26,30). The highest BCUT2D eigenvalue weighted by Crippen LogP contribution is 2.35. The van der Waals surface area contributed by atoms with Gasteiger partial charge in [-0.25, -0.2) is 13.4 Å². The molecule has 0 aliphatic carbocycles. The lowest BCUT2D eigenvalue weighted by molar-refractivity contribution is 0.101. The van der Waals surface area contributed by atoms with Crippen LogP contribution in [-0.2, 0) is 9.84 Å². The Balaban J connectivity index is 1.28. The van der Waals surface area contributed by atoms with Crippen molar-refractivity contribution in [3.63, 3.8) is 0 Å². The number of nitrogens with zero attached hydrogens (tertiary/aromatic N) is 2. The minimum absolute atomic E-state index is 0.0419. The summed E-state index contributed by atoms with van der Waals surface area (Å²) in [6.07, 6.45) is 3.88. The third-order valence-corrected chi connectivity index (χ3v) is 8.35. The maximum absolute atomic E-state index is 13.1. The average molecular weight is 486 g/mol. The van der Waals surface area contributed by atoms with Gasteiger partial charge >= 0.3 is 0 Å². The Morgan fingerprint density at radius 1 is 0.941 bits per heavy atom. The Kier molecular flexibility index (Phi) is 4.51. The molecule has 0 fully saturated rings. The largest absolute Gasteiger partial charge is 0.322 e. The lowest BCUT2D eigenvalue weighted by atomic mass is 10.0. The number of amides is 1. The molecule has 166 valence electrons. The van der Waals surface area contributed by atoms with E-state index in [1.54, 1.807) is 35.6 Å². The topological polar surface area (TPSA) is 97.6 Å². The van der Waals surface area contributed by atoms with Gasteiger partial charge in [-0.05, 0) is 42.5 Å². The summed E-state index contributed by atoms with van der Waals surface area (Å²) in [5.74, 6) is -0.846. The van der Waals surface area contributed by atoms with Crippen LogP contribution in [0.1, 0.15) is 26.3 Å². The number of sulfone groups is 1. The summed E-state index contributed by atoms with van der Waals surface area (Å²) in [5.41, 5.74) is 2.65. The summed E-state index contributed by atoms with van der Waals surface area (Å²) >= 11 is 1.55. The molecule has 0 bridgehead atoms. The van der Waals surface area contributed by atoms with Gasteiger partial charge in [0.15, 0.2) is 10.7 Å². The van der Waals surface area contributed by atoms with Gasteiger partial charge in [0, 0.05) is 45.7 Å². The van der Waals surface area contributed by atoms with Crippen LogP contribution < -0.4 is 5.32 Å². The molecular formula is C25H15N3O4S2. The van der Waals surface area contributed by atoms with E-state index >= 15 is 0 Å². The number of hydrogen-bond donors (Lipinski definition) is 1. The highest BCUT2D eigenvalue weighted by molar-refractivity contribution is 7.91. The average Bonchev–Trinajstić information content (AvgIpc) is 3.46. The van der Waals surface area contributed by atoms with Crippen LogP contribution in [0.25, 0.3) is 16.2 Å². The molecule has 0 saturated heterocycles. The zero-order valence-electron chi connectivity index (χ0n) is 17.4. The molecule has 0 atom stereocenters. The predicted octanol–water partition coefficient (Wildman–Crippen LogP) is 4.69. The van der Waals surface area contributed by atoms with Gasteiger partial charge in [-0.1, -0.05) is 24.3 Å². The molecule has 3 aromatic carbocycles. The summed E-state index contributed by atoms with van der Waals surface area (Å²) in [7, 11) is -3.91. The first kappa shape index (κ1) is 20.5. The van der Waals surface area contributed by atoms with Crippen LogP contribution in [0.15, 0.2) is 94.3 Å². The fourth-order valence-corrected chi connectivity index (χ4v) is 6.40. The van der Waals surface area contributed by atoms with Gasteiger partial charge in [0.2, 0.25) is 9.84 Å². The number of aromatic nitrogens is 2. The van der Waals surface area contributed by atoms with Crippen LogP contribution in [0.2, 0.25) is 0 Å². The number of imidazole rings is 1. The number of carbonyl (C=O) groups is 2. The van der Waals surface area contributed by atoms with Crippen molar-refractivity contribution in [3.8, 4) is 11.3 Å². The van der Waals surface area contributed by atoms with Crippen LogP contribution in [0.3, 0.4) is 0 Å². The third kappa shape index (κ3) is 3.17. The van der Waals surface area contributed by atoms with Gasteiger partial charge < -0.3 is 5.32 Å². The summed E-state index contributed by atoms with van der Waals surface area (Å²) in [6, 6.07) is 17.4. The molecule has 0 radical (unpaired) electrons. The molecule has 1 amide bonds. The molecular weight excluding hydrogens is 470 g/mol. The first-order valence-corrected chi connectivity index (χ1v) is 12.6.